The lowest BCUT2D eigenvalue weighted by atomic mass is 10.1. The first-order valence-electron chi connectivity index (χ1n) is 5.43. The van der Waals surface area contributed by atoms with Crippen molar-refractivity contribution in [2.45, 2.75) is 24.3 Å². The number of hydrogen-bond donors (Lipinski definition) is 2. The van der Waals surface area contributed by atoms with Gasteiger partial charge in [0.15, 0.2) is 0 Å². The Hall–Kier alpha value is -1.26. The summed E-state index contributed by atoms with van der Waals surface area (Å²) < 4.78 is 0. The van der Waals surface area contributed by atoms with Crippen LogP contribution in [-0.2, 0) is 5.60 Å². The Morgan fingerprint density at radius 2 is 1.88 bits per heavy atom. The highest BCUT2D eigenvalue weighted by Crippen LogP contribution is 2.24. The minimum Gasteiger partial charge on any atom is -0.383 e. The molecule has 0 radical (unpaired) electrons. The minimum absolute atomic E-state index is 0.585. The van der Waals surface area contributed by atoms with Crippen molar-refractivity contribution in [1.82, 2.24) is 9.97 Å². The summed E-state index contributed by atoms with van der Waals surface area (Å²) in [6.07, 6.45) is 3.80. The average Bonchev–Trinajstić information content (AvgIpc) is 2.78. The van der Waals surface area contributed by atoms with Crippen LogP contribution in [0, 0.1) is 0 Å². The number of nitrogens with one attached hydrogen (secondary N) is 1. The van der Waals surface area contributed by atoms with Gasteiger partial charge in [0.05, 0.1) is 11.9 Å². The number of hydrogen-bond acceptors (Lipinski definition) is 3. The molecule has 0 aliphatic rings. The first kappa shape index (κ1) is 12.2. The lowest BCUT2D eigenvalue weighted by molar-refractivity contribution is 0.0697. The summed E-state index contributed by atoms with van der Waals surface area (Å²) in [6.45, 7) is 3.43. The fraction of sp³-hybridized carbons (Fsp3) is 0.308. The molecule has 2 aromatic rings. The number of imidazole rings is 1. The van der Waals surface area contributed by atoms with Crippen molar-refractivity contribution in [2.24, 2.45) is 0 Å². The van der Waals surface area contributed by atoms with E-state index in [1.165, 1.54) is 4.90 Å². The molecule has 0 amide bonds. The van der Waals surface area contributed by atoms with E-state index in [1.807, 2.05) is 12.1 Å². The standard InChI is InChI=1S/C13H16N2OS/c1-13(2,16)12-14-8-11(15-12)9-4-6-10(17-3)7-5-9/h4-8,16H,1-3H3,(H,14,15). The molecule has 0 aliphatic carbocycles. The Labute approximate surface area is 105 Å². The number of thioether (sulfide) groups is 1. The van der Waals surface area contributed by atoms with Crippen LogP contribution in [0.5, 0.6) is 0 Å². The Balaban J connectivity index is 2.30. The maximum atomic E-state index is 9.83. The average molecular weight is 248 g/mol. The maximum absolute atomic E-state index is 9.83. The summed E-state index contributed by atoms with van der Waals surface area (Å²) in [6, 6.07) is 8.25. The van der Waals surface area contributed by atoms with E-state index in [0.29, 0.717) is 5.82 Å². The van der Waals surface area contributed by atoms with Crippen molar-refractivity contribution < 1.29 is 5.11 Å². The van der Waals surface area contributed by atoms with Crippen LogP contribution in [0.1, 0.15) is 19.7 Å². The fourth-order valence-electron chi connectivity index (χ4n) is 1.55. The van der Waals surface area contributed by atoms with Gasteiger partial charge in [0.1, 0.15) is 11.4 Å². The topological polar surface area (TPSA) is 48.9 Å². The summed E-state index contributed by atoms with van der Waals surface area (Å²) in [7, 11) is 0. The molecule has 90 valence electrons. The van der Waals surface area contributed by atoms with Crippen LogP contribution in [0.25, 0.3) is 11.3 Å². The molecule has 1 heterocycles. The van der Waals surface area contributed by atoms with Crippen molar-refractivity contribution in [3.63, 3.8) is 0 Å². The number of nitrogens with zero attached hydrogens (tertiary/aromatic N) is 1. The molecule has 0 unspecified atom stereocenters. The van der Waals surface area contributed by atoms with Gasteiger partial charge in [-0.25, -0.2) is 4.98 Å². The lowest BCUT2D eigenvalue weighted by Gasteiger charge is -2.12. The number of H-pyrrole nitrogens is 1. The summed E-state index contributed by atoms with van der Waals surface area (Å²) in [5.41, 5.74) is 1.07. The quantitative estimate of drug-likeness (QED) is 0.821. The molecule has 0 saturated heterocycles. The highest BCUT2D eigenvalue weighted by atomic mass is 32.2. The van der Waals surface area contributed by atoms with Crippen molar-refractivity contribution in [3.8, 4) is 11.3 Å². The van der Waals surface area contributed by atoms with Crippen LogP contribution < -0.4 is 0 Å². The second-order valence-corrected chi connectivity index (χ2v) is 5.31. The first-order valence-corrected chi connectivity index (χ1v) is 6.65. The van der Waals surface area contributed by atoms with Gasteiger partial charge in [-0.1, -0.05) is 12.1 Å². The van der Waals surface area contributed by atoms with E-state index >= 15 is 0 Å². The number of aromatic amines is 1. The van der Waals surface area contributed by atoms with E-state index in [-0.39, 0.29) is 0 Å². The van der Waals surface area contributed by atoms with Crippen molar-refractivity contribution >= 4 is 11.8 Å². The van der Waals surface area contributed by atoms with Gasteiger partial charge in [-0.05, 0) is 37.8 Å². The predicted molar refractivity (Wildman–Crippen MR) is 71.0 cm³/mol. The largest absolute Gasteiger partial charge is 0.383 e. The second-order valence-electron chi connectivity index (χ2n) is 4.43. The Bertz CT molecular complexity index is 497. The summed E-state index contributed by atoms with van der Waals surface area (Å²) in [5, 5.41) is 9.83. The zero-order chi connectivity index (χ0) is 12.5. The predicted octanol–water partition coefficient (Wildman–Crippen LogP) is 3.03. The molecule has 1 aromatic carbocycles. The van der Waals surface area contributed by atoms with Gasteiger partial charge in [-0.15, -0.1) is 11.8 Å². The molecule has 2 rings (SSSR count). The summed E-state index contributed by atoms with van der Waals surface area (Å²) in [5.74, 6) is 0.585. The molecule has 0 bridgehead atoms. The van der Waals surface area contributed by atoms with Crippen LogP contribution in [0.4, 0.5) is 0 Å². The smallest absolute Gasteiger partial charge is 0.138 e. The molecular formula is C13H16N2OS. The first-order chi connectivity index (χ1) is 8.00. The van der Waals surface area contributed by atoms with Crippen molar-refractivity contribution in [2.75, 3.05) is 6.26 Å². The summed E-state index contributed by atoms with van der Waals surface area (Å²) >= 11 is 1.72. The SMILES string of the molecule is CSc1ccc(-c2cnc(C(C)(C)O)[nH]2)cc1. The summed E-state index contributed by atoms with van der Waals surface area (Å²) in [4.78, 5) is 8.57. The van der Waals surface area contributed by atoms with E-state index < -0.39 is 5.60 Å². The van der Waals surface area contributed by atoms with E-state index in [4.69, 9.17) is 0 Å². The normalized spacial score (nSPS) is 11.8. The van der Waals surface area contributed by atoms with Gasteiger partial charge in [0, 0.05) is 4.90 Å². The number of rotatable bonds is 3. The van der Waals surface area contributed by atoms with E-state index in [0.717, 1.165) is 11.3 Å². The van der Waals surface area contributed by atoms with Crippen LogP contribution in [0.15, 0.2) is 35.4 Å². The van der Waals surface area contributed by atoms with Gasteiger partial charge >= 0.3 is 0 Å². The van der Waals surface area contributed by atoms with Gasteiger partial charge < -0.3 is 10.1 Å². The Morgan fingerprint density at radius 3 is 2.35 bits per heavy atom. The zero-order valence-corrected chi connectivity index (χ0v) is 11.0. The molecule has 4 heteroatoms. The highest BCUT2D eigenvalue weighted by Gasteiger charge is 2.19. The van der Waals surface area contributed by atoms with Crippen LogP contribution in [0.3, 0.4) is 0 Å². The number of aromatic nitrogens is 2. The number of benzene rings is 1. The van der Waals surface area contributed by atoms with E-state index in [2.05, 4.69) is 28.4 Å². The molecule has 0 saturated carbocycles. The molecule has 0 aliphatic heterocycles. The molecule has 3 nitrogen and oxygen atoms in total. The molecular weight excluding hydrogens is 232 g/mol. The number of aliphatic hydroxyl groups is 1. The van der Waals surface area contributed by atoms with Crippen LogP contribution >= 0.6 is 11.8 Å². The maximum Gasteiger partial charge on any atom is 0.138 e. The van der Waals surface area contributed by atoms with Gasteiger partial charge in [-0.2, -0.15) is 0 Å². The van der Waals surface area contributed by atoms with Crippen molar-refractivity contribution in [1.29, 1.82) is 0 Å². The van der Waals surface area contributed by atoms with Crippen LogP contribution in [0.2, 0.25) is 0 Å². The third kappa shape index (κ3) is 2.70. The van der Waals surface area contributed by atoms with E-state index in [9.17, 15) is 5.11 Å². The van der Waals surface area contributed by atoms with Crippen molar-refractivity contribution in [3.05, 3.63) is 36.3 Å². The second kappa shape index (κ2) is 4.55. The fourth-order valence-corrected chi connectivity index (χ4v) is 1.96. The van der Waals surface area contributed by atoms with Crippen LogP contribution in [-0.4, -0.2) is 21.3 Å². The minimum atomic E-state index is -0.933. The third-order valence-electron chi connectivity index (χ3n) is 2.56. The molecule has 0 fully saturated rings. The zero-order valence-electron chi connectivity index (χ0n) is 10.2. The molecule has 1 aromatic heterocycles. The monoisotopic (exact) mass is 248 g/mol. The van der Waals surface area contributed by atoms with Gasteiger partial charge in [-0.3, -0.25) is 0 Å². The van der Waals surface area contributed by atoms with Gasteiger partial charge in [0.2, 0.25) is 0 Å². The lowest BCUT2D eigenvalue weighted by Crippen LogP contribution is -2.17. The molecule has 0 atom stereocenters. The van der Waals surface area contributed by atoms with Gasteiger partial charge in [0.25, 0.3) is 0 Å². The third-order valence-corrected chi connectivity index (χ3v) is 3.30. The molecule has 0 spiro atoms. The van der Waals surface area contributed by atoms with E-state index in [1.54, 1.807) is 31.8 Å². The Morgan fingerprint density at radius 1 is 1.24 bits per heavy atom. The molecule has 17 heavy (non-hydrogen) atoms. The molecule has 2 N–H and O–H groups in total. The Kier molecular flexibility index (Phi) is 3.26. The highest BCUT2D eigenvalue weighted by molar-refractivity contribution is 7.98.